The Bertz CT molecular complexity index is 458. The first kappa shape index (κ1) is 8.90. The molecule has 2 aromatic heterocycles. The van der Waals surface area contributed by atoms with Crippen molar-refractivity contribution >= 4 is 11.2 Å². The van der Waals surface area contributed by atoms with Gasteiger partial charge in [-0.1, -0.05) is 6.08 Å². The number of imidazole rings is 1. The summed E-state index contributed by atoms with van der Waals surface area (Å²) < 4.78 is 1.97. The Labute approximate surface area is 82.1 Å². The Kier molecular flexibility index (Phi) is 2.28. The van der Waals surface area contributed by atoms with Crippen molar-refractivity contribution in [3.8, 4) is 0 Å². The molecule has 0 spiro atoms. The van der Waals surface area contributed by atoms with Crippen LogP contribution >= 0.6 is 0 Å². The van der Waals surface area contributed by atoms with Gasteiger partial charge in [0.15, 0.2) is 5.65 Å². The predicted molar refractivity (Wildman–Crippen MR) is 55.6 cm³/mol. The first-order chi connectivity index (χ1) is 6.86. The summed E-state index contributed by atoms with van der Waals surface area (Å²) in [5.74, 6) is 0.846. The fraction of sp³-hybridized carbons (Fsp3) is 0.200. The Hall–Kier alpha value is -1.68. The van der Waals surface area contributed by atoms with Crippen molar-refractivity contribution in [2.45, 2.75) is 13.1 Å². The van der Waals surface area contributed by atoms with E-state index in [2.05, 4.69) is 16.5 Å². The summed E-state index contributed by atoms with van der Waals surface area (Å²) >= 11 is 0. The number of fused-ring (bicyclic) bond motifs is 1. The molecule has 0 bridgehead atoms. The molecule has 0 fully saturated rings. The van der Waals surface area contributed by atoms with E-state index in [1.54, 1.807) is 6.20 Å². The Morgan fingerprint density at radius 2 is 2.43 bits per heavy atom. The molecule has 14 heavy (non-hydrogen) atoms. The Balaban J connectivity index is 2.67. The van der Waals surface area contributed by atoms with Gasteiger partial charge in [0.25, 0.3) is 0 Å². The molecule has 0 saturated heterocycles. The Morgan fingerprint density at radius 3 is 3.14 bits per heavy atom. The summed E-state index contributed by atoms with van der Waals surface area (Å²) in [5, 5.41) is 0. The van der Waals surface area contributed by atoms with Crippen LogP contribution in [-0.4, -0.2) is 14.5 Å². The van der Waals surface area contributed by atoms with Crippen LogP contribution in [0.15, 0.2) is 31.0 Å². The molecule has 2 N–H and O–H groups in total. The van der Waals surface area contributed by atoms with Crippen molar-refractivity contribution in [1.29, 1.82) is 0 Å². The van der Waals surface area contributed by atoms with Gasteiger partial charge in [0.1, 0.15) is 11.3 Å². The van der Waals surface area contributed by atoms with Crippen molar-refractivity contribution < 1.29 is 0 Å². The molecular weight excluding hydrogens is 176 g/mol. The maximum atomic E-state index is 5.60. The maximum Gasteiger partial charge on any atom is 0.160 e. The van der Waals surface area contributed by atoms with E-state index in [9.17, 15) is 0 Å². The highest BCUT2D eigenvalue weighted by Gasteiger charge is 2.07. The highest BCUT2D eigenvalue weighted by Crippen LogP contribution is 2.12. The van der Waals surface area contributed by atoms with E-state index >= 15 is 0 Å². The van der Waals surface area contributed by atoms with Crippen LogP contribution in [0.4, 0.5) is 0 Å². The highest BCUT2D eigenvalue weighted by molar-refractivity contribution is 5.71. The lowest BCUT2D eigenvalue weighted by Crippen LogP contribution is -2.07. The van der Waals surface area contributed by atoms with Gasteiger partial charge < -0.3 is 10.3 Å². The number of rotatable bonds is 3. The van der Waals surface area contributed by atoms with Crippen LogP contribution in [0.3, 0.4) is 0 Å². The van der Waals surface area contributed by atoms with Gasteiger partial charge in [-0.05, 0) is 12.1 Å². The van der Waals surface area contributed by atoms with E-state index in [0.29, 0.717) is 13.1 Å². The number of pyridine rings is 1. The van der Waals surface area contributed by atoms with E-state index < -0.39 is 0 Å². The molecule has 2 heterocycles. The normalized spacial score (nSPS) is 10.6. The molecule has 2 rings (SSSR count). The summed E-state index contributed by atoms with van der Waals surface area (Å²) in [6, 6.07) is 3.80. The number of allylic oxidation sites excluding steroid dienone is 1. The molecule has 0 saturated carbocycles. The predicted octanol–water partition coefficient (Wildman–Crippen LogP) is 1.08. The fourth-order valence-electron chi connectivity index (χ4n) is 1.48. The number of nitrogens with two attached hydrogens (primary N) is 1. The molecule has 0 aliphatic carbocycles. The van der Waals surface area contributed by atoms with Gasteiger partial charge in [0, 0.05) is 12.7 Å². The summed E-state index contributed by atoms with van der Waals surface area (Å²) in [6.45, 7) is 4.82. The van der Waals surface area contributed by atoms with Crippen LogP contribution in [0.1, 0.15) is 5.82 Å². The lowest BCUT2D eigenvalue weighted by Gasteiger charge is -2.02. The van der Waals surface area contributed by atoms with Gasteiger partial charge >= 0.3 is 0 Å². The fourth-order valence-corrected chi connectivity index (χ4v) is 1.48. The first-order valence-electron chi connectivity index (χ1n) is 4.48. The van der Waals surface area contributed by atoms with Crippen molar-refractivity contribution in [2.24, 2.45) is 5.73 Å². The number of aromatic nitrogens is 3. The average molecular weight is 188 g/mol. The summed E-state index contributed by atoms with van der Waals surface area (Å²) in [4.78, 5) is 8.64. The van der Waals surface area contributed by atoms with Crippen LogP contribution in [0.25, 0.3) is 11.2 Å². The quantitative estimate of drug-likeness (QED) is 0.733. The molecule has 0 amide bonds. The molecular formula is C10H12N4. The minimum atomic E-state index is 0.421. The minimum absolute atomic E-state index is 0.421. The highest BCUT2D eigenvalue weighted by atomic mass is 15.1. The van der Waals surface area contributed by atoms with Crippen LogP contribution in [0, 0.1) is 0 Å². The second-order valence-corrected chi connectivity index (χ2v) is 2.98. The minimum Gasteiger partial charge on any atom is -0.324 e. The monoisotopic (exact) mass is 188 g/mol. The molecule has 0 aromatic carbocycles. The third-order valence-corrected chi connectivity index (χ3v) is 2.08. The second-order valence-electron chi connectivity index (χ2n) is 2.98. The van der Waals surface area contributed by atoms with Crippen LogP contribution in [0.2, 0.25) is 0 Å². The zero-order chi connectivity index (χ0) is 9.97. The molecule has 72 valence electrons. The zero-order valence-corrected chi connectivity index (χ0v) is 7.85. The van der Waals surface area contributed by atoms with Crippen molar-refractivity contribution in [3.05, 3.63) is 36.8 Å². The average Bonchev–Trinajstić information content (AvgIpc) is 2.58. The lowest BCUT2D eigenvalue weighted by atomic mass is 10.4. The molecule has 0 radical (unpaired) electrons. The molecule has 4 heteroatoms. The standard InChI is InChI=1S/C10H12N4/c1-2-6-14-9(7-11)13-8-4-3-5-12-10(8)14/h2-5H,1,6-7,11H2. The summed E-state index contributed by atoms with van der Waals surface area (Å²) in [7, 11) is 0. The van der Waals surface area contributed by atoms with E-state index in [0.717, 1.165) is 17.0 Å². The van der Waals surface area contributed by atoms with E-state index in [1.165, 1.54) is 0 Å². The topological polar surface area (TPSA) is 56.7 Å². The number of hydrogen-bond donors (Lipinski definition) is 1. The van der Waals surface area contributed by atoms with E-state index in [1.807, 2.05) is 22.8 Å². The van der Waals surface area contributed by atoms with Crippen LogP contribution in [0.5, 0.6) is 0 Å². The van der Waals surface area contributed by atoms with Gasteiger partial charge in [-0.25, -0.2) is 9.97 Å². The Morgan fingerprint density at radius 1 is 1.57 bits per heavy atom. The largest absolute Gasteiger partial charge is 0.324 e. The van der Waals surface area contributed by atoms with Gasteiger partial charge in [-0.15, -0.1) is 6.58 Å². The number of hydrogen-bond acceptors (Lipinski definition) is 3. The lowest BCUT2D eigenvalue weighted by molar-refractivity contribution is 0.752. The smallest absolute Gasteiger partial charge is 0.160 e. The van der Waals surface area contributed by atoms with Crippen molar-refractivity contribution in [2.75, 3.05) is 0 Å². The zero-order valence-electron chi connectivity index (χ0n) is 7.85. The van der Waals surface area contributed by atoms with E-state index in [4.69, 9.17) is 5.73 Å². The summed E-state index contributed by atoms with van der Waals surface area (Å²) in [6.07, 6.45) is 3.57. The molecule has 0 unspecified atom stereocenters. The first-order valence-corrected chi connectivity index (χ1v) is 4.48. The second kappa shape index (κ2) is 3.59. The molecule has 2 aromatic rings. The van der Waals surface area contributed by atoms with Gasteiger partial charge in [0.2, 0.25) is 0 Å². The summed E-state index contributed by atoms with van der Waals surface area (Å²) in [5.41, 5.74) is 7.35. The van der Waals surface area contributed by atoms with Crippen molar-refractivity contribution in [1.82, 2.24) is 14.5 Å². The molecule has 0 aliphatic heterocycles. The molecule has 0 atom stereocenters. The van der Waals surface area contributed by atoms with Gasteiger partial charge in [-0.2, -0.15) is 0 Å². The SMILES string of the molecule is C=CCn1c(CN)nc2cccnc21. The van der Waals surface area contributed by atoms with Gasteiger partial charge in [-0.3, -0.25) is 0 Å². The van der Waals surface area contributed by atoms with Gasteiger partial charge in [0.05, 0.1) is 6.54 Å². The van der Waals surface area contributed by atoms with Crippen LogP contribution < -0.4 is 5.73 Å². The van der Waals surface area contributed by atoms with Crippen molar-refractivity contribution in [3.63, 3.8) is 0 Å². The maximum absolute atomic E-state index is 5.60. The third kappa shape index (κ3) is 1.29. The number of nitrogens with zero attached hydrogens (tertiary/aromatic N) is 3. The third-order valence-electron chi connectivity index (χ3n) is 2.08. The van der Waals surface area contributed by atoms with Crippen LogP contribution in [-0.2, 0) is 13.1 Å². The van der Waals surface area contributed by atoms with E-state index in [-0.39, 0.29) is 0 Å². The molecule has 4 nitrogen and oxygen atoms in total. The molecule has 0 aliphatic rings.